The van der Waals surface area contributed by atoms with E-state index < -0.39 is 23.3 Å². The molecule has 1 aromatic carbocycles. The summed E-state index contributed by atoms with van der Waals surface area (Å²) in [4.78, 5) is 11.1. The van der Waals surface area contributed by atoms with Gasteiger partial charge in [-0.3, -0.25) is 0 Å². The van der Waals surface area contributed by atoms with Gasteiger partial charge in [0.05, 0.1) is 11.1 Å². The predicted molar refractivity (Wildman–Crippen MR) is 55.3 cm³/mol. The van der Waals surface area contributed by atoms with Crippen LogP contribution in [0, 0.1) is 0 Å². The van der Waals surface area contributed by atoms with Crippen molar-refractivity contribution in [2.45, 2.75) is 18.6 Å². The molecule has 1 aromatic rings. The van der Waals surface area contributed by atoms with Crippen molar-refractivity contribution in [2.24, 2.45) is 0 Å². The number of benzene rings is 1. The van der Waals surface area contributed by atoms with Gasteiger partial charge in [0.2, 0.25) is 0 Å². The van der Waals surface area contributed by atoms with Gasteiger partial charge >= 0.3 is 12.2 Å². The molecule has 0 aromatic heterocycles. The maximum atomic E-state index is 12.8. The summed E-state index contributed by atoms with van der Waals surface area (Å²) in [6, 6.07) is 4.81. The minimum absolute atomic E-state index is 0.0749. The fourth-order valence-corrected chi connectivity index (χ4v) is 1.97. The van der Waals surface area contributed by atoms with E-state index in [1.807, 2.05) is 0 Å². The van der Waals surface area contributed by atoms with Crippen molar-refractivity contribution in [3.8, 4) is 0 Å². The van der Waals surface area contributed by atoms with E-state index in [2.05, 4.69) is 10.6 Å². The fraction of sp³-hybridized carbons (Fsp3) is 0.364. The van der Waals surface area contributed by atoms with Gasteiger partial charge in [0.1, 0.15) is 0 Å². The lowest BCUT2D eigenvalue weighted by atomic mass is 9.89. The van der Waals surface area contributed by atoms with Crippen LogP contribution in [-0.2, 0) is 11.7 Å². The lowest BCUT2D eigenvalue weighted by molar-refractivity contribution is -0.138. The van der Waals surface area contributed by atoms with Crippen LogP contribution in [0.1, 0.15) is 18.1 Å². The Hall–Kier alpha value is -1.72. The molecule has 3 nitrogen and oxygen atoms in total. The van der Waals surface area contributed by atoms with Crippen LogP contribution in [0.5, 0.6) is 0 Å². The molecule has 0 saturated carbocycles. The normalized spacial score (nSPS) is 24.4. The Labute approximate surface area is 96.0 Å². The maximum Gasteiger partial charge on any atom is 0.416 e. The van der Waals surface area contributed by atoms with Crippen LogP contribution >= 0.6 is 0 Å². The molecule has 0 radical (unpaired) electrons. The van der Waals surface area contributed by atoms with Crippen LogP contribution in [-0.4, -0.2) is 12.6 Å². The molecule has 2 amide bonds. The molecule has 2 rings (SSSR count). The second kappa shape index (κ2) is 3.65. The first-order valence-electron chi connectivity index (χ1n) is 5.06. The molecule has 0 bridgehead atoms. The Morgan fingerprint density at radius 2 is 1.94 bits per heavy atom. The topological polar surface area (TPSA) is 41.1 Å². The Balaban J connectivity index is 2.49. The number of halogens is 3. The Morgan fingerprint density at radius 3 is 2.47 bits per heavy atom. The van der Waals surface area contributed by atoms with Crippen molar-refractivity contribution < 1.29 is 18.0 Å². The molecule has 1 aliphatic rings. The van der Waals surface area contributed by atoms with E-state index >= 15 is 0 Å². The molecule has 1 saturated heterocycles. The fourth-order valence-electron chi connectivity index (χ4n) is 1.97. The van der Waals surface area contributed by atoms with Crippen molar-refractivity contribution >= 4 is 6.03 Å². The third-order valence-corrected chi connectivity index (χ3v) is 2.82. The number of carbonyl (C=O) groups excluding carboxylic acids is 1. The molecule has 1 fully saturated rings. The van der Waals surface area contributed by atoms with E-state index in [1.165, 1.54) is 18.2 Å². The van der Waals surface area contributed by atoms with Crippen LogP contribution in [0.25, 0.3) is 0 Å². The zero-order valence-electron chi connectivity index (χ0n) is 9.06. The number of hydrogen-bond acceptors (Lipinski definition) is 1. The molecular formula is C11H11F3N2O. The Kier molecular flexibility index (Phi) is 2.52. The molecule has 1 aliphatic heterocycles. The van der Waals surface area contributed by atoms with E-state index in [0.29, 0.717) is 0 Å². The van der Waals surface area contributed by atoms with Crippen molar-refractivity contribution in [1.29, 1.82) is 0 Å². The van der Waals surface area contributed by atoms with Crippen LogP contribution in [0.15, 0.2) is 24.3 Å². The van der Waals surface area contributed by atoms with Crippen molar-refractivity contribution in [3.05, 3.63) is 35.4 Å². The van der Waals surface area contributed by atoms with E-state index in [1.54, 1.807) is 6.92 Å². The Morgan fingerprint density at radius 1 is 1.29 bits per heavy atom. The number of urea groups is 1. The van der Waals surface area contributed by atoms with Crippen molar-refractivity contribution in [2.75, 3.05) is 6.54 Å². The van der Waals surface area contributed by atoms with E-state index in [0.717, 1.165) is 6.07 Å². The highest BCUT2D eigenvalue weighted by Crippen LogP contribution is 2.37. The number of carbonyl (C=O) groups is 1. The summed E-state index contributed by atoms with van der Waals surface area (Å²) in [5.74, 6) is 0. The highest BCUT2D eigenvalue weighted by Gasteiger charge is 2.42. The highest BCUT2D eigenvalue weighted by molar-refractivity contribution is 5.78. The molecule has 17 heavy (non-hydrogen) atoms. The lowest BCUT2D eigenvalue weighted by Gasteiger charge is -2.26. The summed E-state index contributed by atoms with van der Waals surface area (Å²) in [6.07, 6.45) is -4.42. The molecule has 1 unspecified atom stereocenters. The second-order valence-corrected chi connectivity index (χ2v) is 4.18. The number of amides is 2. The van der Waals surface area contributed by atoms with Crippen LogP contribution < -0.4 is 10.6 Å². The molecule has 1 atom stereocenters. The SMILES string of the molecule is CC1(c2ccccc2C(F)(F)F)CNC(=O)N1. The molecule has 92 valence electrons. The average molecular weight is 244 g/mol. The molecule has 1 heterocycles. The lowest BCUT2D eigenvalue weighted by Crippen LogP contribution is -2.39. The summed E-state index contributed by atoms with van der Waals surface area (Å²) in [7, 11) is 0. The van der Waals surface area contributed by atoms with Gasteiger partial charge in [0, 0.05) is 6.54 Å². The highest BCUT2D eigenvalue weighted by atomic mass is 19.4. The molecule has 0 spiro atoms. The quantitative estimate of drug-likeness (QED) is 0.781. The van der Waals surface area contributed by atoms with Crippen molar-refractivity contribution in [1.82, 2.24) is 10.6 Å². The first-order chi connectivity index (χ1) is 7.83. The molecular weight excluding hydrogens is 233 g/mol. The first-order valence-corrected chi connectivity index (χ1v) is 5.06. The third kappa shape index (κ3) is 2.07. The smallest absolute Gasteiger partial charge is 0.335 e. The van der Waals surface area contributed by atoms with E-state index in [-0.39, 0.29) is 12.1 Å². The van der Waals surface area contributed by atoms with Gasteiger partial charge < -0.3 is 10.6 Å². The summed E-state index contributed by atoms with van der Waals surface area (Å²) in [5.41, 5.74) is -1.67. The van der Waals surface area contributed by atoms with Gasteiger partial charge in [-0.1, -0.05) is 18.2 Å². The summed E-state index contributed by atoms with van der Waals surface area (Å²) in [5, 5.41) is 4.98. The summed E-state index contributed by atoms with van der Waals surface area (Å²) < 4.78 is 38.5. The van der Waals surface area contributed by atoms with Crippen LogP contribution in [0.3, 0.4) is 0 Å². The first kappa shape index (κ1) is 11.8. The van der Waals surface area contributed by atoms with Gasteiger partial charge in [-0.2, -0.15) is 13.2 Å². The molecule has 0 aliphatic carbocycles. The number of hydrogen-bond donors (Lipinski definition) is 2. The predicted octanol–water partition coefficient (Wildman–Crippen LogP) is 2.23. The summed E-state index contributed by atoms with van der Waals surface area (Å²) >= 11 is 0. The number of alkyl halides is 3. The molecule has 6 heteroatoms. The van der Waals surface area contributed by atoms with Gasteiger partial charge in [-0.05, 0) is 18.6 Å². The van der Waals surface area contributed by atoms with Crippen LogP contribution in [0.2, 0.25) is 0 Å². The standard InChI is InChI=1S/C11H11F3N2O/c1-10(6-15-9(17)16-10)7-4-2-3-5-8(7)11(12,13)14/h2-5H,6H2,1H3,(H2,15,16,17). The monoisotopic (exact) mass is 244 g/mol. The second-order valence-electron chi connectivity index (χ2n) is 4.18. The Bertz CT molecular complexity index is 458. The van der Waals surface area contributed by atoms with Gasteiger partial charge in [0.15, 0.2) is 0 Å². The van der Waals surface area contributed by atoms with Gasteiger partial charge in [-0.15, -0.1) is 0 Å². The maximum absolute atomic E-state index is 12.8. The van der Waals surface area contributed by atoms with E-state index in [4.69, 9.17) is 0 Å². The number of nitrogens with one attached hydrogen (secondary N) is 2. The average Bonchev–Trinajstić information content (AvgIpc) is 2.59. The van der Waals surface area contributed by atoms with Gasteiger partial charge in [-0.25, -0.2) is 4.79 Å². The largest absolute Gasteiger partial charge is 0.416 e. The summed E-state index contributed by atoms with van der Waals surface area (Å²) in [6.45, 7) is 1.70. The van der Waals surface area contributed by atoms with Gasteiger partial charge in [0.25, 0.3) is 0 Å². The van der Waals surface area contributed by atoms with Crippen LogP contribution in [0.4, 0.5) is 18.0 Å². The third-order valence-electron chi connectivity index (χ3n) is 2.82. The minimum atomic E-state index is -4.42. The zero-order chi connectivity index (χ0) is 12.7. The number of rotatable bonds is 1. The zero-order valence-corrected chi connectivity index (χ0v) is 9.06. The molecule has 2 N–H and O–H groups in total. The minimum Gasteiger partial charge on any atom is -0.335 e. The van der Waals surface area contributed by atoms with Crippen molar-refractivity contribution in [3.63, 3.8) is 0 Å². The van der Waals surface area contributed by atoms with E-state index in [9.17, 15) is 18.0 Å².